The Morgan fingerprint density at radius 1 is 1.25 bits per heavy atom. The molecule has 0 aliphatic carbocycles. The molecule has 0 aliphatic rings. The molecule has 0 radical (unpaired) electrons. The first-order valence-corrected chi connectivity index (χ1v) is 5.71. The van der Waals surface area contributed by atoms with Gasteiger partial charge in [-0.1, -0.05) is 37.0 Å². The number of hydrogen-bond acceptors (Lipinski definition) is 2. The van der Waals surface area contributed by atoms with Gasteiger partial charge in [-0.25, -0.2) is 4.98 Å². The lowest BCUT2D eigenvalue weighted by Gasteiger charge is -2.00. The molecule has 0 fully saturated rings. The van der Waals surface area contributed by atoms with Crippen molar-refractivity contribution in [1.29, 1.82) is 0 Å². The fourth-order valence-corrected chi connectivity index (χ4v) is 1.70. The number of nitrogens with zero attached hydrogens (tertiary/aromatic N) is 2. The Morgan fingerprint density at radius 3 is 2.62 bits per heavy atom. The molecule has 2 aromatic rings. The van der Waals surface area contributed by atoms with Crippen molar-refractivity contribution in [3.05, 3.63) is 34.1 Å². The maximum Gasteiger partial charge on any atom is 0.182 e. The van der Waals surface area contributed by atoms with Gasteiger partial charge in [-0.05, 0) is 18.2 Å². The van der Waals surface area contributed by atoms with E-state index in [0.717, 1.165) is 11.4 Å². The minimum absolute atomic E-state index is 0.305. The highest BCUT2D eigenvalue weighted by Gasteiger charge is 2.11. The molecule has 1 heterocycles. The first-order chi connectivity index (χ1) is 7.58. The average molecular weight is 256 g/mol. The molecule has 84 valence electrons. The Hall–Kier alpha value is -1.06. The summed E-state index contributed by atoms with van der Waals surface area (Å²) in [6, 6.07) is 5.24. The topological polar surface area (TPSA) is 41.6 Å². The highest BCUT2D eigenvalue weighted by molar-refractivity contribution is 6.35. The molecule has 3 nitrogen and oxygen atoms in total. The van der Waals surface area contributed by atoms with Crippen LogP contribution in [0.3, 0.4) is 0 Å². The van der Waals surface area contributed by atoms with Crippen LogP contribution in [0.5, 0.6) is 0 Å². The van der Waals surface area contributed by atoms with E-state index in [4.69, 9.17) is 23.2 Å². The van der Waals surface area contributed by atoms with E-state index in [1.165, 1.54) is 0 Å². The molecule has 0 amide bonds. The molecule has 0 saturated carbocycles. The summed E-state index contributed by atoms with van der Waals surface area (Å²) in [5.41, 5.74) is 0.748. The summed E-state index contributed by atoms with van der Waals surface area (Å²) in [4.78, 5) is 4.37. The molecule has 0 aliphatic heterocycles. The summed E-state index contributed by atoms with van der Waals surface area (Å²) < 4.78 is 0. The summed E-state index contributed by atoms with van der Waals surface area (Å²) >= 11 is 12.0. The van der Waals surface area contributed by atoms with Crippen LogP contribution in [0.4, 0.5) is 0 Å². The van der Waals surface area contributed by atoms with Crippen LogP contribution in [0, 0.1) is 0 Å². The Kier molecular flexibility index (Phi) is 3.17. The normalized spacial score (nSPS) is 11.1. The van der Waals surface area contributed by atoms with Crippen molar-refractivity contribution in [2.75, 3.05) is 0 Å². The van der Waals surface area contributed by atoms with Gasteiger partial charge in [0.2, 0.25) is 0 Å². The van der Waals surface area contributed by atoms with Crippen molar-refractivity contribution in [1.82, 2.24) is 15.2 Å². The zero-order valence-corrected chi connectivity index (χ0v) is 10.5. The number of aromatic amines is 1. The number of halogens is 2. The van der Waals surface area contributed by atoms with Crippen molar-refractivity contribution >= 4 is 23.2 Å². The van der Waals surface area contributed by atoms with Crippen LogP contribution in [0.25, 0.3) is 11.4 Å². The van der Waals surface area contributed by atoms with Crippen LogP contribution in [0.15, 0.2) is 18.2 Å². The fourth-order valence-electron chi connectivity index (χ4n) is 1.32. The number of hydrogen-bond donors (Lipinski definition) is 1. The molecule has 2 rings (SSSR count). The maximum atomic E-state index is 6.07. The minimum Gasteiger partial charge on any atom is -0.262 e. The van der Waals surface area contributed by atoms with Crippen molar-refractivity contribution in [3.63, 3.8) is 0 Å². The van der Waals surface area contributed by atoms with Gasteiger partial charge in [0.15, 0.2) is 5.82 Å². The molecular formula is C11H11Cl2N3. The van der Waals surface area contributed by atoms with Crippen molar-refractivity contribution in [2.24, 2.45) is 0 Å². The van der Waals surface area contributed by atoms with Gasteiger partial charge in [-0.3, -0.25) is 5.10 Å². The Balaban J connectivity index is 2.46. The number of rotatable bonds is 2. The maximum absolute atomic E-state index is 6.07. The first kappa shape index (κ1) is 11.4. The van der Waals surface area contributed by atoms with E-state index >= 15 is 0 Å². The quantitative estimate of drug-likeness (QED) is 0.885. The van der Waals surface area contributed by atoms with Gasteiger partial charge >= 0.3 is 0 Å². The van der Waals surface area contributed by atoms with E-state index in [9.17, 15) is 0 Å². The molecule has 0 spiro atoms. The van der Waals surface area contributed by atoms with E-state index in [1.54, 1.807) is 18.2 Å². The standard InChI is InChI=1S/C11H11Cl2N3/c1-6(2)10-14-11(16-15-10)8-5-7(12)3-4-9(8)13/h3-6H,1-2H3,(H,14,15,16). The summed E-state index contributed by atoms with van der Waals surface area (Å²) in [6.07, 6.45) is 0. The van der Waals surface area contributed by atoms with E-state index in [0.29, 0.717) is 21.8 Å². The summed E-state index contributed by atoms with van der Waals surface area (Å²) in [5.74, 6) is 1.72. The molecule has 0 bridgehead atoms. The van der Waals surface area contributed by atoms with E-state index in [1.807, 2.05) is 13.8 Å². The lowest BCUT2D eigenvalue weighted by molar-refractivity contribution is 0.781. The minimum atomic E-state index is 0.305. The van der Waals surface area contributed by atoms with Gasteiger partial charge in [0.05, 0.1) is 5.02 Å². The molecular weight excluding hydrogens is 245 g/mol. The van der Waals surface area contributed by atoms with Crippen LogP contribution in [0.2, 0.25) is 10.0 Å². The predicted octanol–water partition coefficient (Wildman–Crippen LogP) is 3.90. The van der Waals surface area contributed by atoms with Gasteiger partial charge in [0.25, 0.3) is 0 Å². The smallest absolute Gasteiger partial charge is 0.182 e. The van der Waals surface area contributed by atoms with Gasteiger partial charge < -0.3 is 0 Å². The molecule has 5 heteroatoms. The predicted molar refractivity (Wildman–Crippen MR) is 65.9 cm³/mol. The third-order valence-corrected chi connectivity index (χ3v) is 2.78. The van der Waals surface area contributed by atoms with Crippen molar-refractivity contribution in [2.45, 2.75) is 19.8 Å². The number of H-pyrrole nitrogens is 1. The van der Waals surface area contributed by atoms with Gasteiger partial charge in [-0.2, -0.15) is 5.10 Å². The van der Waals surface area contributed by atoms with Crippen LogP contribution >= 0.6 is 23.2 Å². The van der Waals surface area contributed by atoms with Crippen LogP contribution in [0.1, 0.15) is 25.6 Å². The lowest BCUT2D eigenvalue weighted by atomic mass is 10.2. The summed E-state index contributed by atoms with van der Waals surface area (Å²) in [6.45, 7) is 4.09. The molecule has 0 saturated heterocycles. The average Bonchev–Trinajstić information content (AvgIpc) is 2.70. The van der Waals surface area contributed by atoms with Gasteiger partial charge in [0, 0.05) is 16.5 Å². The number of aromatic nitrogens is 3. The zero-order chi connectivity index (χ0) is 11.7. The molecule has 1 aromatic heterocycles. The second kappa shape index (κ2) is 4.44. The van der Waals surface area contributed by atoms with Gasteiger partial charge in [-0.15, -0.1) is 0 Å². The molecule has 1 aromatic carbocycles. The van der Waals surface area contributed by atoms with Crippen LogP contribution < -0.4 is 0 Å². The first-order valence-electron chi connectivity index (χ1n) is 4.95. The largest absolute Gasteiger partial charge is 0.262 e. The lowest BCUT2D eigenvalue weighted by Crippen LogP contribution is -1.89. The molecule has 0 atom stereocenters. The Morgan fingerprint density at radius 2 is 2.00 bits per heavy atom. The highest BCUT2D eigenvalue weighted by Crippen LogP contribution is 2.28. The molecule has 1 N–H and O–H groups in total. The fraction of sp³-hybridized carbons (Fsp3) is 0.273. The van der Waals surface area contributed by atoms with Crippen molar-refractivity contribution in [3.8, 4) is 11.4 Å². The van der Waals surface area contributed by atoms with E-state index in [-0.39, 0.29) is 0 Å². The molecule has 0 unspecified atom stereocenters. The van der Waals surface area contributed by atoms with Crippen molar-refractivity contribution < 1.29 is 0 Å². The third kappa shape index (κ3) is 2.20. The van der Waals surface area contributed by atoms with Crippen LogP contribution in [-0.2, 0) is 0 Å². The highest BCUT2D eigenvalue weighted by atomic mass is 35.5. The molecule has 16 heavy (non-hydrogen) atoms. The zero-order valence-electron chi connectivity index (χ0n) is 8.96. The summed E-state index contributed by atoms with van der Waals surface area (Å²) in [7, 11) is 0. The summed E-state index contributed by atoms with van der Waals surface area (Å²) in [5, 5.41) is 8.23. The Labute approximate surface area is 104 Å². The second-order valence-corrected chi connectivity index (χ2v) is 4.67. The second-order valence-electron chi connectivity index (χ2n) is 3.82. The van der Waals surface area contributed by atoms with E-state index < -0.39 is 0 Å². The SMILES string of the molecule is CC(C)c1nc(-c2cc(Cl)ccc2Cl)n[nH]1. The third-order valence-electron chi connectivity index (χ3n) is 2.22. The Bertz CT molecular complexity index is 506. The number of nitrogens with one attached hydrogen (secondary N) is 1. The monoisotopic (exact) mass is 255 g/mol. The van der Waals surface area contributed by atoms with Gasteiger partial charge in [0.1, 0.15) is 5.82 Å². The van der Waals surface area contributed by atoms with E-state index in [2.05, 4.69) is 15.2 Å². The number of benzene rings is 1. The van der Waals surface area contributed by atoms with Crippen LogP contribution in [-0.4, -0.2) is 15.2 Å².